The van der Waals surface area contributed by atoms with Gasteiger partial charge >= 0.3 is 5.97 Å². The lowest BCUT2D eigenvalue weighted by atomic mass is 10.7. The molecule has 3 heteroatoms. The molecule has 0 spiro atoms. The van der Waals surface area contributed by atoms with E-state index < -0.39 is 0 Å². The van der Waals surface area contributed by atoms with Crippen LogP contribution < -0.4 is 0 Å². The van der Waals surface area contributed by atoms with E-state index in [0.29, 0.717) is 0 Å². The molecule has 0 aromatic heterocycles. The monoisotopic (exact) mass is 164 g/mol. The Labute approximate surface area is 50.3 Å². The average molecular weight is 165 g/mol. The standard InChI is InChI=1S/C4H5BrO2/c1-7-4(6)2-3-5/h2-3H,1H3/b3-2+. The summed E-state index contributed by atoms with van der Waals surface area (Å²) in [6.45, 7) is 0. The van der Waals surface area contributed by atoms with Gasteiger partial charge in [-0.05, 0) is 4.99 Å². The molecule has 40 valence electrons. The van der Waals surface area contributed by atoms with Gasteiger partial charge in [-0.2, -0.15) is 0 Å². The predicted octanol–water partition coefficient (Wildman–Crippen LogP) is 1.07. The van der Waals surface area contributed by atoms with Gasteiger partial charge in [-0.3, -0.25) is 0 Å². The van der Waals surface area contributed by atoms with Gasteiger partial charge in [0.15, 0.2) is 0 Å². The molecule has 0 rings (SSSR count). The highest BCUT2D eigenvalue weighted by atomic mass is 79.9. The second-order valence-electron chi connectivity index (χ2n) is 0.816. The SMILES string of the molecule is COC(=O)/C=C/Br. The second-order valence-corrected chi connectivity index (χ2v) is 1.34. The number of rotatable bonds is 1. The molecular formula is C4H5BrO2. The summed E-state index contributed by atoms with van der Waals surface area (Å²) in [4.78, 5) is 11.5. The topological polar surface area (TPSA) is 26.3 Å². The van der Waals surface area contributed by atoms with E-state index in [1.165, 1.54) is 18.2 Å². The Morgan fingerprint density at radius 1 is 1.86 bits per heavy atom. The van der Waals surface area contributed by atoms with E-state index >= 15 is 0 Å². The van der Waals surface area contributed by atoms with E-state index in [1.807, 2.05) is 0 Å². The van der Waals surface area contributed by atoms with E-state index in [0.717, 1.165) is 0 Å². The van der Waals surface area contributed by atoms with Crippen LogP contribution in [0.5, 0.6) is 0 Å². The normalized spacial score (nSPS) is 9.43. The molecule has 2 nitrogen and oxygen atoms in total. The summed E-state index contributed by atoms with van der Waals surface area (Å²) in [6.07, 6.45) is 1.28. The zero-order valence-corrected chi connectivity index (χ0v) is 5.44. The molecule has 0 saturated carbocycles. The van der Waals surface area contributed by atoms with E-state index in [9.17, 15) is 4.79 Å². The lowest BCUT2D eigenvalue weighted by Gasteiger charge is -1.84. The highest BCUT2D eigenvalue weighted by molar-refractivity contribution is 9.11. The Morgan fingerprint density at radius 3 is 2.57 bits per heavy atom. The minimum atomic E-state index is -0.350. The first kappa shape index (κ1) is 6.69. The summed E-state index contributed by atoms with van der Waals surface area (Å²) in [5, 5.41) is 0. The van der Waals surface area contributed by atoms with Gasteiger partial charge in [0.2, 0.25) is 0 Å². The van der Waals surface area contributed by atoms with Crippen molar-refractivity contribution in [1.29, 1.82) is 0 Å². The van der Waals surface area contributed by atoms with E-state index in [1.54, 1.807) is 0 Å². The Balaban J connectivity index is 3.37. The number of hydrogen-bond donors (Lipinski definition) is 0. The lowest BCUT2D eigenvalue weighted by Crippen LogP contribution is -1.91. The van der Waals surface area contributed by atoms with Crippen LogP contribution in [0.4, 0.5) is 0 Å². The average Bonchev–Trinajstić information content (AvgIpc) is 1.68. The molecule has 0 atom stereocenters. The second kappa shape index (κ2) is 3.87. The third-order valence-electron chi connectivity index (χ3n) is 0.400. The maximum Gasteiger partial charge on any atom is 0.330 e. The van der Waals surface area contributed by atoms with Crippen molar-refractivity contribution >= 4 is 21.9 Å². The van der Waals surface area contributed by atoms with Gasteiger partial charge in [0.05, 0.1) is 7.11 Å². The first-order valence-corrected chi connectivity index (χ1v) is 2.57. The van der Waals surface area contributed by atoms with Crippen LogP contribution in [-0.4, -0.2) is 13.1 Å². The molecule has 0 unspecified atom stereocenters. The predicted molar refractivity (Wildman–Crippen MR) is 30.1 cm³/mol. The number of esters is 1. The quantitative estimate of drug-likeness (QED) is 0.429. The fourth-order valence-electron chi connectivity index (χ4n) is 0.119. The van der Waals surface area contributed by atoms with E-state index in [-0.39, 0.29) is 5.97 Å². The molecule has 0 radical (unpaired) electrons. The van der Waals surface area contributed by atoms with Crippen molar-refractivity contribution in [3.05, 3.63) is 11.1 Å². The molecular weight excluding hydrogens is 160 g/mol. The Kier molecular flexibility index (Phi) is 3.69. The van der Waals surface area contributed by atoms with Crippen LogP contribution in [-0.2, 0) is 9.53 Å². The molecule has 0 aliphatic rings. The first-order valence-electron chi connectivity index (χ1n) is 1.66. The smallest absolute Gasteiger partial charge is 0.330 e. The molecule has 0 aromatic rings. The number of carbonyl (C=O) groups excluding carboxylic acids is 1. The highest BCUT2D eigenvalue weighted by Gasteiger charge is 1.84. The maximum absolute atomic E-state index is 10.1. The van der Waals surface area contributed by atoms with Crippen LogP contribution >= 0.6 is 15.9 Å². The van der Waals surface area contributed by atoms with Gasteiger partial charge in [-0.1, -0.05) is 15.9 Å². The molecule has 0 fully saturated rings. The number of methoxy groups -OCH3 is 1. The van der Waals surface area contributed by atoms with Gasteiger partial charge < -0.3 is 4.74 Å². The molecule has 0 heterocycles. The van der Waals surface area contributed by atoms with Gasteiger partial charge in [0.25, 0.3) is 0 Å². The van der Waals surface area contributed by atoms with Crippen molar-refractivity contribution in [3.63, 3.8) is 0 Å². The fraction of sp³-hybridized carbons (Fsp3) is 0.250. The summed E-state index contributed by atoms with van der Waals surface area (Å²) in [5.74, 6) is -0.350. The molecule has 0 aliphatic heterocycles. The van der Waals surface area contributed by atoms with E-state index in [4.69, 9.17) is 0 Å². The first-order chi connectivity index (χ1) is 3.31. The van der Waals surface area contributed by atoms with Crippen LogP contribution in [0.1, 0.15) is 0 Å². The van der Waals surface area contributed by atoms with Crippen molar-refractivity contribution in [2.24, 2.45) is 0 Å². The molecule has 0 N–H and O–H groups in total. The van der Waals surface area contributed by atoms with Crippen LogP contribution in [0.3, 0.4) is 0 Å². The summed E-state index contributed by atoms with van der Waals surface area (Å²) in [6, 6.07) is 0. The van der Waals surface area contributed by atoms with Crippen LogP contribution in [0.25, 0.3) is 0 Å². The number of halogens is 1. The molecule has 7 heavy (non-hydrogen) atoms. The molecule has 0 aromatic carbocycles. The van der Waals surface area contributed by atoms with Crippen molar-refractivity contribution < 1.29 is 9.53 Å². The minimum Gasteiger partial charge on any atom is -0.466 e. The fourth-order valence-corrected chi connectivity index (χ4v) is 0.335. The molecule has 0 aliphatic carbocycles. The Hall–Kier alpha value is -0.310. The summed E-state index contributed by atoms with van der Waals surface area (Å²) in [5.41, 5.74) is 0. The highest BCUT2D eigenvalue weighted by Crippen LogP contribution is 1.82. The Morgan fingerprint density at radius 2 is 2.43 bits per heavy atom. The summed E-state index contributed by atoms with van der Waals surface area (Å²) < 4.78 is 4.23. The zero-order valence-electron chi connectivity index (χ0n) is 3.85. The van der Waals surface area contributed by atoms with Crippen LogP contribution in [0.2, 0.25) is 0 Å². The molecule has 0 bridgehead atoms. The minimum absolute atomic E-state index is 0.350. The Bertz CT molecular complexity index is 87.7. The van der Waals surface area contributed by atoms with Gasteiger partial charge in [-0.25, -0.2) is 4.79 Å². The van der Waals surface area contributed by atoms with Crippen molar-refractivity contribution in [2.75, 3.05) is 7.11 Å². The van der Waals surface area contributed by atoms with Crippen molar-refractivity contribution in [1.82, 2.24) is 0 Å². The lowest BCUT2D eigenvalue weighted by molar-refractivity contribution is -0.134. The molecule has 0 saturated heterocycles. The largest absolute Gasteiger partial charge is 0.466 e. The zero-order chi connectivity index (χ0) is 5.70. The van der Waals surface area contributed by atoms with E-state index in [2.05, 4.69) is 20.7 Å². The van der Waals surface area contributed by atoms with Crippen LogP contribution in [0, 0.1) is 0 Å². The summed E-state index contributed by atoms with van der Waals surface area (Å²) in [7, 11) is 1.33. The van der Waals surface area contributed by atoms with Gasteiger partial charge in [0, 0.05) is 6.08 Å². The number of ether oxygens (including phenoxy) is 1. The number of carbonyl (C=O) groups is 1. The molecule has 0 amide bonds. The van der Waals surface area contributed by atoms with Crippen molar-refractivity contribution in [3.8, 4) is 0 Å². The van der Waals surface area contributed by atoms with Crippen LogP contribution in [0.15, 0.2) is 11.1 Å². The van der Waals surface area contributed by atoms with Crippen molar-refractivity contribution in [2.45, 2.75) is 0 Å². The summed E-state index contributed by atoms with van der Waals surface area (Å²) >= 11 is 2.91. The maximum atomic E-state index is 10.1. The third kappa shape index (κ3) is 3.52. The number of hydrogen-bond acceptors (Lipinski definition) is 2. The van der Waals surface area contributed by atoms with Gasteiger partial charge in [-0.15, -0.1) is 0 Å². The third-order valence-corrected chi connectivity index (χ3v) is 0.665. The van der Waals surface area contributed by atoms with Gasteiger partial charge in [0.1, 0.15) is 0 Å².